The minimum Gasteiger partial charge on any atom is -0.497 e. The third kappa shape index (κ3) is 2.89. The van der Waals surface area contributed by atoms with Crippen molar-refractivity contribution < 1.29 is 9.66 Å². The van der Waals surface area contributed by atoms with Crippen LogP contribution < -0.4 is 20.5 Å². The van der Waals surface area contributed by atoms with E-state index in [1.807, 2.05) is 31.2 Å². The molecule has 0 spiro atoms. The van der Waals surface area contributed by atoms with Gasteiger partial charge in [-0.1, -0.05) is 12.1 Å². The minimum atomic E-state index is -0.592. The van der Waals surface area contributed by atoms with Crippen LogP contribution in [0, 0.1) is 10.1 Å². The smallest absolute Gasteiger partial charge is 0.269 e. The van der Waals surface area contributed by atoms with Crippen molar-refractivity contribution in [3.05, 3.63) is 64.2 Å². The van der Waals surface area contributed by atoms with Crippen LogP contribution >= 0.6 is 12.2 Å². The van der Waals surface area contributed by atoms with E-state index >= 15 is 0 Å². The highest BCUT2D eigenvalue weighted by Gasteiger charge is 2.38. The first-order valence-corrected chi connectivity index (χ1v) is 7.63. The number of hydrogen-bond acceptors (Lipinski definition) is 5. The second kappa shape index (κ2) is 6.06. The number of hydrazine groups is 1. The van der Waals surface area contributed by atoms with Crippen LogP contribution in [0.3, 0.4) is 0 Å². The van der Waals surface area contributed by atoms with Crippen molar-refractivity contribution in [1.82, 2.24) is 10.7 Å². The van der Waals surface area contributed by atoms with Crippen LogP contribution in [0.1, 0.15) is 12.5 Å². The monoisotopic (exact) mass is 344 g/mol. The van der Waals surface area contributed by atoms with Crippen molar-refractivity contribution in [3.63, 3.8) is 0 Å². The largest absolute Gasteiger partial charge is 0.497 e. The Morgan fingerprint density at radius 2 is 1.79 bits per heavy atom. The van der Waals surface area contributed by atoms with Crippen molar-refractivity contribution in [3.8, 4) is 5.75 Å². The van der Waals surface area contributed by atoms with E-state index < -0.39 is 10.6 Å². The van der Waals surface area contributed by atoms with Crippen LogP contribution in [-0.2, 0) is 5.66 Å². The fourth-order valence-electron chi connectivity index (χ4n) is 2.54. The number of nitro groups is 1. The van der Waals surface area contributed by atoms with E-state index in [4.69, 9.17) is 17.0 Å². The SMILES string of the molecule is COc1ccc([C@@]2(C)NC(=S)N(c3ccc([N+](=O)[O-])cc3)N2)cc1. The molecule has 1 aliphatic rings. The lowest BCUT2D eigenvalue weighted by Crippen LogP contribution is -2.45. The average molecular weight is 344 g/mol. The number of nitrogens with zero attached hydrogens (tertiary/aromatic N) is 2. The number of anilines is 1. The number of nitro benzene ring substituents is 1. The number of methoxy groups -OCH3 is 1. The molecule has 2 aromatic rings. The van der Waals surface area contributed by atoms with Crippen molar-refractivity contribution in [2.24, 2.45) is 0 Å². The number of nitrogens with one attached hydrogen (secondary N) is 2. The fourth-order valence-corrected chi connectivity index (χ4v) is 2.89. The third-order valence-corrected chi connectivity index (χ3v) is 4.17. The molecule has 0 saturated carbocycles. The first kappa shape index (κ1) is 16.2. The summed E-state index contributed by atoms with van der Waals surface area (Å²) in [5, 5.41) is 16.2. The molecule has 1 heterocycles. The summed E-state index contributed by atoms with van der Waals surface area (Å²) in [7, 11) is 1.62. The summed E-state index contributed by atoms with van der Waals surface area (Å²) < 4.78 is 5.17. The quantitative estimate of drug-likeness (QED) is 0.501. The molecular weight excluding hydrogens is 328 g/mol. The zero-order chi connectivity index (χ0) is 17.3. The standard InChI is InChI=1S/C16H16N4O3S/c1-16(11-3-9-14(23-2)10-4-11)17-15(24)19(18-16)12-5-7-13(8-6-12)20(21)22/h3-10,18H,1-2H3,(H,17,24)/t16-/m0/s1. The van der Waals surface area contributed by atoms with Gasteiger partial charge in [0.05, 0.1) is 17.7 Å². The lowest BCUT2D eigenvalue weighted by atomic mass is 10.0. The Bertz CT molecular complexity index is 779. The van der Waals surface area contributed by atoms with Crippen molar-refractivity contribution in [1.29, 1.82) is 0 Å². The molecule has 7 nitrogen and oxygen atoms in total. The first-order valence-electron chi connectivity index (χ1n) is 7.22. The lowest BCUT2D eigenvalue weighted by molar-refractivity contribution is -0.384. The summed E-state index contributed by atoms with van der Waals surface area (Å²) in [6, 6.07) is 13.8. The molecule has 0 unspecified atom stereocenters. The minimum absolute atomic E-state index is 0.0368. The predicted octanol–water partition coefficient (Wildman–Crippen LogP) is 2.68. The van der Waals surface area contributed by atoms with Gasteiger partial charge in [-0.05, 0) is 49.0 Å². The third-order valence-electron chi connectivity index (χ3n) is 3.88. The molecule has 24 heavy (non-hydrogen) atoms. The van der Waals surface area contributed by atoms with Gasteiger partial charge in [0.1, 0.15) is 11.4 Å². The van der Waals surface area contributed by atoms with Gasteiger partial charge < -0.3 is 10.1 Å². The van der Waals surface area contributed by atoms with E-state index in [0.717, 1.165) is 17.0 Å². The highest BCUT2D eigenvalue weighted by molar-refractivity contribution is 7.80. The van der Waals surface area contributed by atoms with Gasteiger partial charge in [0.2, 0.25) is 0 Å². The van der Waals surface area contributed by atoms with Crippen molar-refractivity contribution >= 4 is 28.7 Å². The zero-order valence-electron chi connectivity index (χ0n) is 13.1. The maximum absolute atomic E-state index is 10.8. The van der Waals surface area contributed by atoms with Crippen LogP contribution in [0.2, 0.25) is 0 Å². The number of ether oxygens (including phenoxy) is 1. The van der Waals surface area contributed by atoms with Gasteiger partial charge in [-0.15, -0.1) is 0 Å². The van der Waals surface area contributed by atoms with Crippen LogP contribution in [0.5, 0.6) is 5.75 Å². The second-order valence-corrected chi connectivity index (χ2v) is 5.89. The Kier molecular flexibility index (Phi) is 4.08. The Labute approximate surface area is 144 Å². The number of thiocarbonyl (C=S) groups is 1. The summed E-state index contributed by atoms with van der Waals surface area (Å²) in [6.45, 7) is 1.96. The summed E-state index contributed by atoms with van der Waals surface area (Å²) in [4.78, 5) is 10.3. The number of hydrogen-bond donors (Lipinski definition) is 2. The van der Waals surface area contributed by atoms with E-state index in [9.17, 15) is 10.1 Å². The molecule has 3 rings (SSSR count). The molecule has 1 aliphatic heterocycles. The summed E-state index contributed by atoms with van der Waals surface area (Å²) >= 11 is 5.40. The Balaban J connectivity index is 1.85. The summed E-state index contributed by atoms with van der Waals surface area (Å²) in [5.41, 5.74) is 4.45. The lowest BCUT2D eigenvalue weighted by Gasteiger charge is -2.26. The Morgan fingerprint density at radius 1 is 1.17 bits per heavy atom. The molecule has 1 atom stereocenters. The molecule has 1 fully saturated rings. The van der Waals surface area contributed by atoms with Gasteiger partial charge >= 0.3 is 0 Å². The average Bonchev–Trinajstić information content (AvgIpc) is 2.91. The number of non-ortho nitro benzene ring substituents is 1. The summed E-state index contributed by atoms with van der Waals surface area (Å²) in [6.07, 6.45) is 0. The Hall–Kier alpha value is -2.71. The van der Waals surface area contributed by atoms with Crippen molar-refractivity contribution in [2.45, 2.75) is 12.6 Å². The molecule has 0 bridgehead atoms. The van der Waals surface area contributed by atoms with Gasteiger partial charge in [-0.25, -0.2) is 5.01 Å². The maximum atomic E-state index is 10.8. The normalized spacial score (nSPS) is 19.9. The van der Waals surface area contributed by atoms with E-state index in [-0.39, 0.29) is 5.69 Å². The molecule has 0 radical (unpaired) electrons. The highest BCUT2D eigenvalue weighted by atomic mass is 32.1. The molecule has 2 aromatic carbocycles. The molecule has 0 aromatic heterocycles. The Morgan fingerprint density at radius 3 is 2.33 bits per heavy atom. The van der Waals surface area contributed by atoms with Crippen molar-refractivity contribution in [2.75, 3.05) is 12.1 Å². The number of rotatable bonds is 4. The van der Waals surface area contributed by atoms with Crippen LogP contribution in [-0.4, -0.2) is 17.1 Å². The molecule has 1 saturated heterocycles. The molecule has 0 aliphatic carbocycles. The molecule has 0 amide bonds. The van der Waals surface area contributed by atoms with Gasteiger partial charge in [0, 0.05) is 12.1 Å². The maximum Gasteiger partial charge on any atom is 0.269 e. The highest BCUT2D eigenvalue weighted by Crippen LogP contribution is 2.28. The topological polar surface area (TPSA) is 79.7 Å². The molecular formula is C16H16N4O3S. The second-order valence-electron chi connectivity index (χ2n) is 5.50. The zero-order valence-corrected chi connectivity index (χ0v) is 14.0. The van der Waals surface area contributed by atoms with E-state index in [2.05, 4.69) is 10.7 Å². The molecule has 8 heteroatoms. The molecule has 124 valence electrons. The van der Waals surface area contributed by atoms with Crippen LogP contribution in [0.15, 0.2) is 48.5 Å². The van der Waals surface area contributed by atoms with Gasteiger partial charge in [0.25, 0.3) is 5.69 Å². The van der Waals surface area contributed by atoms with Gasteiger partial charge in [-0.2, -0.15) is 5.43 Å². The fraction of sp³-hybridized carbons (Fsp3) is 0.188. The van der Waals surface area contributed by atoms with Gasteiger partial charge in [-0.3, -0.25) is 10.1 Å². The van der Waals surface area contributed by atoms with E-state index in [1.165, 1.54) is 12.1 Å². The first-order chi connectivity index (χ1) is 11.4. The van der Waals surface area contributed by atoms with Crippen LogP contribution in [0.25, 0.3) is 0 Å². The van der Waals surface area contributed by atoms with Crippen LogP contribution in [0.4, 0.5) is 11.4 Å². The van der Waals surface area contributed by atoms with E-state index in [1.54, 1.807) is 24.3 Å². The predicted molar refractivity (Wildman–Crippen MR) is 94.8 cm³/mol. The number of benzene rings is 2. The summed E-state index contributed by atoms with van der Waals surface area (Å²) in [5.74, 6) is 0.773. The van der Waals surface area contributed by atoms with Gasteiger partial charge in [0.15, 0.2) is 5.11 Å². The van der Waals surface area contributed by atoms with E-state index in [0.29, 0.717) is 5.11 Å². The molecule has 2 N–H and O–H groups in total.